The summed E-state index contributed by atoms with van der Waals surface area (Å²) >= 11 is 0. The van der Waals surface area contributed by atoms with Gasteiger partial charge in [-0.05, 0) is 44.5 Å². The van der Waals surface area contributed by atoms with Crippen molar-refractivity contribution in [1.29, 1.82) is 0 Å². The number of carbonyl (C=O) groups excluding carboxylic acids is 2. The molecule has 1 fully saturated rings. The Bertz CT molecular complexity index is 850. The first-order chi connectivity index (χ1) is 13.0. The van der Waals surface area contributed by atoms with Gasteiger partial charge >= 0.3 is 0 Å². The molecule has 142 valence electrons. The number of nitrogens with one attached hydrogen (secondary N) is 1. The molecule has 1 saturated heterocycles. The summed E-state index contributed by atoms with van der Waals surface area (Å²) in [6.45, 7) is 7.44. The number of likely N-dealkylation sites (tertiary alicyclic amines) is 1. The first-order valence-electron chi connectivity index (χ1n) is 9.26. The van der Waals surface area contributed by atoms with Crippen LogP contribution < -0.4 is 10.1 Å². The van der Waals surface area contributed by atoms with Gasteiger partial charge in [-0.1, -0.05) is 17.7 Å². The molecule has 2 aromatic rings. The Labute approximate surface area is 159 Å². The van der Waals surface area contributed by atoms with E-state index in [1.54, 1.807) is 23.2 Å². The van der Waals surface area contributed by atoms with Crippen LogP contribution in [0.2, 0.25) is 0 Å². The Morgan fingerprint density at radius 3 is 2.85 bits per heavy atom. The molecule has 0 saturated carbocycles. The predicted octanol–water partition coefficient (Wildman–Crippen LogP) is 2.74. The van der Waals surface area contributed by atoms with E-state index in [2.05, 4.69) is 10.3 Å². The van der Waals surface area contributed by atoms with Crippen molar-refractivity contribution < 1.29 is 14.3 Å². The van der Waals surface area contributed by atoms with E-state index in [0.29, 0.717) is 37.5 Å². The maximum absolute atomic E-state index is 12.9. The van der Waals surface area contributed by atoms with Gasteiger partial charge in [0.2, 0.25) is 5.88 Å². The highest BCUT2D eigenvalue weighted by Gasteiger charge is 2.30. The van der Waals surface area contributed by atoms with E-state index in [1.807, 2.05) is 39.0 Å². The van der Waals surface area contributed by atoms with Crippen LogP contribution >= 0.6 is 0 Å². The van der Waals surface area contributed by atoms with Crippen LogP contribution in [0.4, 0.5) is 0 Å². The van der Waals surface area contributed by atoms with E-state index in [-0.39, 0.29) is 17.9 Å². The number of hydrogen-bond donors (Lipinski definition) is 1. The van der Waals surface area contributed by atoms with Gasteiger partial charge in [0.05, 0.1) is 6.54 Å². The van der Waals surface area contributed by atoms with Crippen molar-refractivity contribution in [3.63, 3.8) is 0 Å². The fourth-order valence-corrected chi connectivity index (χ4v) is 3.22. The second-order valence-electron chi connectivity index (χ2n) is 6.81. The number of ether oxygens (including phenoxy) is 1. The fourth-order valence-electron chi connectivity index (χ4n) is 3.22. The number of carbonyl (C=O) groups is 2. The Morgan fingerprint density at radius 1 is 1.26 bits per heavy atom. The van der Waals surface area contributed by atoms with E-state index in [9.17, 15) is 9.59 Å². The minimum absolute atomic E-state index is 0.0206. The third-order valence-electron chi connectivity index (χ3n) is 4.69. The standard InChI is InChI=1S/C21H25N3O3/c1-4-22-19(25)17-6-5-10-23-20(17)27-16-9-11-24(13-16)21(26)18-12-14(2)7-8-15(18)3/h5-8,10,12,16H,4,9,11,13H2,1-3H3,(H,22,25). The van der Waals surface area contributed by atoms with Gasteiger partial charge in [-0.3, -0.25) is 9.59 Å². The van der Waals surface area contributed by atoms with Crippen molar-refractivity contribution in [1.82, 2.24) is 15.2 Å². The number of aromatic nitrogens is 1. The van der Waals surface area contributed by atoms with E-state index in [1.165, 1.54) is 0 Å². The number of aryl methyl sites for hydroxylation is 2. The lowest BCUT2D eigenvalue weighted by Gasteiger charge is -2.19. The molecule has 0 radical (unpaired) electrons. The summed E-state index contributed by atoms with van der Waals surface area (Å²) in [6.07, 6.45) is 2.13. The van der Waals surface area contributed by atoms with Gasteiger partial charge in [-0.15, -0.1) is 0 Å². The van der Waals surface area contributed by atoms with Gasteiger partial charge in [0.1, 0.15) is 11.7 Å². The molecule has 1 aromatic heterocycles. The minimum atomic E-state index is -0.207. The summed E-state index contributed by atoms with van der Waals surface area (Å²) in [4.78, 5) is 31.1. The zero-order valence-corrected chi connectivity index (χ0v) is 16.0. The summed E-state index contributed by atoms with van der Waals surface area (Å²) in [7, 11) is 0. The van der Waals surface area contributed by atoms with Crippen LogP contribution in [-0.2, 0) is 0 Å². The number of rotatable bonds is 5. The van der Waals surface area contributed by atoms with Crippen molar-refractivity contribution in [3.8, 4) is 5.88 Å². The van der Waals surface area contributed by atoms with Crippen LogP contribution in [-0.4, -0.2) is 47.4 Å². The molecule has 1 aliphatic rings. The summed E-state index contributed by atoms with van der Waals surface area (Å²) in [5.41, 5.74) is 3.18. The van der Waals surface area contributed by atoms with Crippen molar-refractivity contribution in [2.45, 2.75) is 33.3 Å². The van der Waals surface area contributed by atoms with Gasteiger partial charge in [-0.25, -0.2) is 4.98 Å². The molecule has 6 heteroatoms. The molecule has 1 unspecified atom stereocenters. The maximum atomic E-state index is 12.9. The van der Waals surface area contributed by atoms with Crippen molar-refractivity contribution >= 4 is 11.8 Å². The molecule has 6 nitrogen and oxygen atoms in total. The van der Waals surface area contributed by atoms with Crippen LogP contribution in [0.15, 0.2) is 36.5 Å². The number of nitrogens with zero attached hydrogens (tertiary/aromatic N) is 2. The van der Waals surface area contributed by atoms with Gasteiger partial charge in [-0.2, -0.15) is 0 Å². The van der Waals surface area contributed by atoms with E-state index < -0.39 is 0 Å². The molecule has 27 heavy (non-hydrogen) atoms. The quantitative estimate of drug-likeness (QED) is 0.882. The Balaban J connectivity index is 1.70. The number of pyridine rings is 1. The van der Waals surface area contributed by atoms with Crippen molar-refractivity contribution in [3.05, 3.63) is 58.8 Å². The molecule has 0 aliphatic carbocycles. The Kier molecular flexibility index (Phi) is 5.74. The van der Waals surface area contributed by atoms with Gasteiger partial charge in [0, 0.05) is 31.3 Å². The zero-order valence-electron chi connectivity index (χ0n) is 16.0. The summed E-state index contributed by atoms with van der Waals surface area (Å²) in [5, 5.41) is 2.76. The molecule has 0 bridgehead atoms. The highest BCUT2D eigenvalue weighted by atomic mass is 16.5. The summed E-state index contributed by atoms with van der Waals surface area (Å²) in [5.74, 6) is 0.128. The monoisotopic (exact) mass is 367 g/mol. The van der Waals surface area contributed by atoms with Crippen LogP contribution in [0, 0.1) is 13.8 Å². The number of benzene rings is 1. The molecule has 3 rings (SSSR count). The molecule has 2 amide bonds. The lowest BCUT2D eigenvalue weighted by molar-refractivity contribution is 0.0768. The van der Waals surface area contributed by atoms with Crippen LogP contribution in [0.5, 0.6) is 5.88 Å². The topological polar surface area (TPSA) is 71.5 Å². The normalized spacial score (nSPS) is 16.3. The fraction of sp³-hybridized carbons (Fsp3) is 0.381. The van der Waals surface area contributed by atoms with Gasteiger partial charge in [0.15, 0.2) is 0 Å². The molecule has 0 spiro atoms. The Morgan fingerprint density at radius 2 is 2.07 bits per heavy atom. The second-order valence-corrected chi connectivity index (χ2v) is 6.81. The van der Waals surface area contributed by atoms with Crippen LogP contribution in [0.3, 0.4) is 0 Å². The molecular weight excluding hydrogens is 342 g/mol. The third-order valence-corrected chi connectivity index (χ3v) is 4.69. The van der Waals surface area contributed by atoms with Crippen molar-refractivity contribution in [2.75, 3.05) is 19.6 Å². The van der Waals surface area contributed by atoms with Crippen LogP contribution in [0.25, 0.3) is 0 Å². The largest absolute Gasteiger partial charge is 0.472 e. The predicted molar refractivity (Wildman–Crippen MR) is 103 cm³/mol. The highest BCUT2D eigenvalue weighted by Crippen LogP contribution is 2.22. The average Bonchev–Trinajstić information content (AvgIpc) is 3.12. The lowest BCUT2D eigenvalue weighted by atomic mass is 10.0. The number of hydrogen-bond acceptors (Lipinski definition) is 4. The van der Waals surface area contributed by atoms with E-state index >= 15 is 0 Å². The third kappa shape index (κ3) is 4.27. The van der Waals surface area contributed by atoms with E-state index in [4.69, 9.17) is 4.74 Å². The van der Waals surface area contributed by atoms with Gasteiger partial charge in [0.25, 0.3) is 11.8 Å². The molecule has 2 heterocycles. The van der Waals surface area contributed by atoms with Crippen molar-refractivity contribution in [2.24, 2.45) is 0 Å². The Hall–Kier alpha value is -2.89. The summed E-state index contributed by atoms with van der Waals surface area (Å²) in [6, 6.07) is 9.31. The molecule has 1 atom stereocenters. The molecule has 1 N–H and O–H groups in total. The van der Waals surface area contributed by atoms with Gasteiger partial charge < -0.3 is 15.0 Å². The number of amides is 2. The first kappa shape index (κ1) is 18.9. The minimum Gasteiger partial charge on any atom is -0.472 e. The lowest BCUT2D eigenvalue weighted by Crippen LogP contribution is -2.32. The second kappa shape index (κ2) is 8.20. The molecule has 1 aromatic carbocycles. The molecular formula is C21H25N3O3. The van der Waals surface area contributed by atoms with Crippen LogP contribution in [0.1, 0.15) is 45.2 Å². The zero-order chi connectivity index (χ0) is 19.4. The SMILES string of the molecule is CCNC(=O)c1cccnc1OC1CCN(C(=O)c2cc(C)ccc2C)C1. The smallest absolute Gasteiger partial charge is 0.256 e. The summed E-state index contributed by atoms with van der Waals surface area (Å²) < 4.78 is 5.98. The maximum Gasteiger partial charge on any atom is 0.256 e. The highest BCUT2D eigenvalue weighted by molar-refractivity contribution is 5.96. The first-order valence-corrected chi connectivity index (χ1v) is 9.26. The molecule has 1 aliphatic heterocycles. The average molecular weight is 367 g/mol. The van der Waals surface area contributed by atoms with E-state index in [0.717, 1.165) is 16.7 Å².